The van der Waals surface area contributed by atoms with Crippen molar-refractivity contribution in [2.75, 3.05) is 4.90 Å². The highest BCUT2D eigenvalue weighted by molar-refractivity contribution is 9.11. The molecule has 148 valence electrons. The lowest BCUT2D eigenvalue weighted by Gasteiger charge is -2.23. The van der Waals surface area contributed by atoms with Crippen molar-refractivity contribution in [2.24, 2.45) is 0 Å². The third kappa shape index (κ3) is 3.56. The summed E-state index contributed by atoms with van der Waals surface area (Å²) in [5.74, 6) is -0.705. The number of carbonyl (C=O) groups excluding carboxylic acids is 2. The Hall–Kier alpha value is -2.28. The van der Waals surface area contributed by atoms with Gasteiger partial charge in [0.05, 0.1) is 27.3 Å². The Balaban J connectivity index is 1.70. The minimum absolute atomic E-state index is 0.250. The number of hydrogen-bond acceptors (Lipinski definition) is 4. The summed E-state index contributed by atoms with van der Waals surface area (Å²) in [5.41, 5.74) is 2.49. The number of Topliss-reactive ketones (excluding diaryl/α,β-unsaturated/α-hetero) is 1. The summed E-state index contributed by atoms with van der Waals surface area (Å²) in [7, 11) is 0. The fraction of sp³-hybridized carbons (Fsp3) is 0.217. The van der Waals surface area contributed by atoms with E-state index in [1.54, 1.807) is 29.2 Å². The van der Waals surface area contributed by atoms with Gasteiger partial charge in [-0.15, -0.1) is 11.3 Å². The Labute approximate surface area is 181 Å². The number of fused-ring (bicyclic) bond motifs is 1. The van der Waals surface area contributed by atoms with Crippen molar-refractivity contribution in [2.45, 2.75) is 32.4 Å². The smallest absolute Gasteiger partial charge is 0.264 e. The summed E-state index contributed by atoms with van der Waals surface area (Å²) in [5, 5.41) is 11.4. The van der Waals surface area contributed by atoms with Crippen LogP contribution in [-0.2, 0) is 16.9 Å². The summed E-state index contributed by atoms with van der Waals surface area (Å²) < 4.78 is 0.836. The van der Waals surface area contributed by atoms with Crippen molar-refractivity contribution in [1.29, 1.82) is 0 Å². The van der Waals surface area contributed by atoms with Gasteiger partial charge in [-0.3, -0.25) is 9.59 Å². The molecule has 2 aromatic carbocycles. The lowest BCUT2D eigenvalue weighted by Crippen LogP contribution is -2.41. The van der Waals surface area contributed by atoms with E-state index in [0.29, 0.717) is 22.7 Å². The van der Waals surface area contributed by atoms with Gasteiger partial charge in [-0.2, -0.15) is 0 Å². The molecule has 0 saturated heterocycles. The first-order chi connectivity index (χ1) is 13.8. The number of aryl methyl sites for hydroxylation is 2. The molecule has 1 aliphatic rings. The van der Waals surface area contributed by atoms with Crippen LogP contribution in [0.5, 0.6) is 0 Å². The van der Waals surface area contributed by atoms with E-state index >= 15 is 0 Å². The van der Waals surface area contributed by atoms with Crippen LogP contribution in [0.2, 0.25) is 0 Å². The van der Waals surface area contributed by atoms with Crippen molar-refractivity contribution in [3.05, 3.63) is 85.5 Å². The molecule has 1 aliphatic heterocycles. The quantitative estimate of drug-likeness (QED) is 0.526. The predicted molar refractivity (Wildman–Crippen MR) is 118 cm³/mol. The molecule has 1 amide bonds. The summed E-state index contributed by atoms with van der Waals surface area (Å²) in [6.45, 7) is 4.37. The summed E-state index contributed by atoms with van der Waals surface area (Å²) in [4.78, 5) is 28.3. The molecule has 3 aromatic rings. The van der Waals surface area contributed by atoms with Gasteiger partial charge >= 0.3 is 0 Å². The molecule has 1 N–H and O–H groups in total. The third-order valence-corrected chi connectivity index (χ3v) is 7.00. The lowest BCUT2D eigenvalue weighted by atomic mass is 9.89. The van der Waals surface area contributed by atoms with Crippen LogP contribution in [0.25, 0.3) is 0 Å². The van der Waals surface area contributed by atoms with E-state index < -0.39 is 11.5 Å². The molecule has 4 rings (SSSR count). The highest BCUT2D eigenvalue weighted by Gasteiger charge is 2.50. The molecule has 2 heterocycles. The van der Waals surface area contributed by atoms with Crippen molar-refractivity contribution >= 4 is 44.6 Å². The monoisotopic (exact) mass is 469 g/mol. The molecular weight excluding hydrogens is 450 g/mol. The minimum Gasteiger partial charge on any atom is -0.375 e. The van der Waals surface area contributed by atoms with E-state index in [4.69, 9.17) is 0 Å². The first-order valence-electron chi connectivity index (χ1n) is 9.28. The Morgan fingerprint density at radius 3 is 2.62 bits per heavy atom. The number of aliphatic hydroxyl groups is 1. The van der Waals surface area contributed by atoms with Crippen molar-refractivity contribution in [3.8, 4) is 0 Å². The van der Waals surface area contributed by atoms with Crippen molar-refractivity contribution in [3.63, 3.8) is 0 Å². The summed E-state index contributed by atoms with van der Waals surface area (Å²) >= 11 is 4.65. The van der Waals surface area contributed by atoms with Gasteiger partial charge in [-0.25, -0.2) is 0 Å². The maximum absolute atomic E-state index is 13.4. The summed E-state index contributed by atoms with van der Waals surface area (Å²) in [6, 6.07) is 16.8. The first kappa shape index (κ1) is 20.0. The van der Waals surface area contributed by atoms with Gasteiger partial charge in [-0.05, 0) is 59.1 Å². The van der Waals surface area contributed by atoms with E-state index in [9.17, 15) is 14.7 Å². The molecule has 0 spiro atoms. The zero-order valence-corrected chi connectivity index (χ0v) is 18.5. The van der Waals surface area contributed by atoms with Gasteiger partial charge in [0.1, 0.15) is 0 Å². The summed E-state index contributed by atoms with van der Waals surface area (Å²) in [6.07, 6.45) is -0.279. The predicted octanol–water partition coefficient (Wildman–Crippen LogP) is 5.13. The number of thiophene rings is 1. The van der Waals surface area contributed by atoms with E-state index in [1.807, 2.05) is 38.1 Å². The Bertz CT molecular complexity index is 1120. The molecular formula is C23H20BrNO3S. The average molecular weight is 470 g/mol. The Morgan fingerprint density at radius 2 is 1.90 bits per heavy atom. The third-order valence-electron chi connectivity index (χ3n) is 5.34. The molecule has 1 aromatic heterocycles. The van der Waals surface area contributed by atoms with Crippen LogP contribution in [0.3, 0.4) is 0 Å². The SMILES string of the molecule is Cc1ccc(C)c(CN2C(=O)[C@@](O)(CC(=O)c3ccc(Br)s3)c3ccccc32)c1. The number of nitrogens with zero attached hydrogens (tertiary/aromatic N) is 1. The van der Waals surface area contributed by atoms with Gasteiger partial charge in [0.2, 0.25) is 0 Å². The van der Waals surface area contributed by atoms with Gasteiger partial charge < -0.3 is 10.0 Å². The largest absolute Gasteiger partial charge is 0.375 e. The molecule has 0 aliphatic carbocycles. The number of rotatable bonds is 5. The fourth-order valence-corrected chi connectivity index (χ4v) is 5.08. The Kier molecular flexibility index (Phi) is 5.19. The van der Waals surface area contributed by atoms with Crippen LogP contribution < -0.4 is 4.90 Å². The molecule has 0 unspecified atom stereocenters. The maximum Gasteiger partial charge on any atom is 0.264 e. The van der Waals surface area contributed by atoms with Gasteiger partial charge in [0, 0.05) is 5.56 Å². The number of anilines is 1. The first-order valence-corrected chi connectivity index (χ1v) is 10.9. The fourth-order valence-electron chi connectivity index (χ4n) is 3.76. The maximum atomic E-state index is 13.4. The molecule has 6 heteroatoms. The van der Waals surface area contributed by atoms with Crippen LogP contribution >= 0.6 is 27.3 Å². The average Bonchev–Trinajstić information content (AvgIpc) is 3.21. The van der Waals surface area contributed by atoms with Crippen LogP contribution in [0.1, 0.15) is 38.3 Å². The number of benzene rings is 2. The van der Waals surface area contributed by atoms with E-state index in [0.717, 1.165) is 20.5 Å². The van der Waals surface area contributed by atoms with Gasteiger partial charge in [-0.1, -0.05) is 42.0 Å². The van der Waals surface area contributed by atoms with Crippen LogP contribution in [-0.4, -0.2) is 16.8 Å². The zero-order chi connectivity index (χ0) is 20.8. The van der Waals surface area contributed by atoms with Gasteiger partial charge in [0.15, 0.2) is 11.4 Å². The second-order valence-corrected chi connectivity index (χ2v) is 9.87. The number of para-hydroxylation sites is 1. The van der Waals surface area contributed by atoms with E-state index in [2.05, 4.69) is 22.0 Å². The number of hydrogen-bond donors (Lipinski definition) is 1. The molecule has 1 atom stereocenters. The second kappa shape index (κ2) is 7.52. The lowest BCUT2D eigenvalue weighted by molar-refractivity contribution is -0.136. The van der Waals surface area contributed by atoms with Crippen LogP contribution in [0.4, 0.5) is 5.69 Å². The second-order valence-electron chi connectivity index (χ2n) is 7.40. The zero-order valence-electron chi connectivity index (χ0n) is 16.1. The molecule has 0 saturated carbocycles. The minimum atomic E-state index is -1.86. The van der Waals surface area contributed by atoms with Crippen molar-refractivity contribution < 1.29 is 14.7 Å². The van der Waals surface area contributed by atoms with Gasteiger partial charge in [0.25, 0.3) is 5.91 Å². The Morgan fingerprint density at radius 1 is 1.14 bits per heavy atom. The molecule has 29 heavy (non-hydrogen) atoms. The van der Waals surface area contributed by atoms with Crippen LogP contribution in [0.15, 0.2) is 58.4 Å². The van der Waals surface area contributed by atoms with Crippen LogP contribution in [0, 0.1) is 13.8 Å². The number of ketones is 1. The highest BCUT2D eigenvalue weighted by atomic mass is 79.9. The standard InChI is InChI=1S/C23H20BrNO3S/c1-14-7-8-15(2)16(11-14)13-25-18-6-4-3-5-17(18)23(28,22(25)27)12-19(26)20-9-10-21(24)29-20/h3-11,28H,12-13H2,1-2H3/t23-/m1/s1. The molecule has 4 nitrogen and oxygen atoms in total. The molecule has 0 fully saturated rings. The topological polar surface area (TPSA) is 57.6 Å². The number of amides is 1. The molecule has 0 bridgehead atoms. The highest BCUT2D eigenvalue weighted by Crippen LogP contribution is 2.44. The molecule has 0 radical (unpaired) electrons. The van der Waals surface area contributed by atoms with E-state index in [1.165, 1.54) is 11.3 Å². The normalized spacial score (nSPS) is 18.2. The van der Waals surface area contributed by atoms with Crippen molar-refractivity contribution in [1.82, 2.24) is 0 Å². The number of halogens is 1. The number of carbonyl (C=O) groups is 2. The van der Waals surface area contributed by atoms with E-state index in [-0.39, 0.29) is 12.2 Å².